The molecule has 9 heteroatoms. The van der Waals surface area contributed by atoms with Gasteiger partial charge in [-0.3, -0.25) is 4.79 Å². The number of nitrogens with zero attached hydrogens (tertiary/aromatic N) is 3. The molecule has 1 aliphatic carbocycles. The number of rotatable bonds is 7. The molecule has 1 saturated heterocycles. The van der Waals surface area contributed by atoms with Crippen LogP contribution in [0.2, 0.25) is 0 Å². The maximum atomic E-state index is 13.0. The number of amides is 1. The lowest BCUT2D eigenvalue weighted by Crippen LogP contribution is -2.23. The highest BCUT2D eigenvalue weighted by Crippen LogP contribution is 2.37. The van der Waals surface area contributed by atoms with E-state index in [1.165, 1.54) is 6.08 Å². The predicted molar refractivity (Wildman–Crippen MR) is 168 cm³/mol. The van der Waals surface area contributed by atoms with Crippen LogP contribution >= 0.6 is 0 Å². The second-order valence-electron chi connectivity index (χ2n) is 12.0. The monoisotopic (exact) mass is 610 g/mol. The van der Waals surface area contributed by atoms with Crippen molar-refractivity contribution in [1.82, 2.24) is 10.3 Å². The lowest BCUT2D eigenvalue weighted by Gasteiger charge is -2.23. The van der Waals surface area contributed by atoms with Gasteiger partial charge in [0.25, 0.3) is 5.91 Å². The topological polar surface area (TPSA) is 82.2 Å². The standard InChI is InChI=1S/C36H33F3N4O2/c1-22(2)31-17-24(19-40)18-32-33(31)45-35(42-32)27-7-5-26(6-8-27)34(44)41-20-23-3-13-30(14-4-23)43-16-15-28(21-43)25-9-11-29(12-10-25)36(37,38)39/h3-11,13-14,17-18,22,28-29H,12,15-16,20-21H2,1-2H3,(H,41,44). The fourth-order valence-electron chi connectivity index (χ4n) is 6.00. The van der Waals surface area contributed by atoms with Gasteiger partial charge in [0.1, 0.15) is 5.52 Å². The van der Waals surface area contributed by atoms with Crippen LogP contribution in [-0.4, -0.2) is 30.2 Å². The number of anilines is 1. The second-order valence-corrected chi connectivity index (χ2v) is 12.0. The third-order valence-electron chi connectivity index (χ3n) is 8.63. The van der Waals surface area contributed by atoms with Crippen molar-refractivity contribution in [3.05, 3.63) is 107 Å². The second kappa shape index (κ2) is 12.3. The van der Waals surface area contributed by atoms with E-state index in [2.05, 4.69) is 21.3 Å². The van der Waals surface area contributed by atoms with Crippen molar-refractivity contribution < 1.29 is 22.4 Å². The summed E-state index contributed by atoms with van der Waals surface area (Å²) < 4.78 is 45.0. The Morgan fingerprint density at radius 3 is 2.53 bits per heavy atom. The number of nitriles is 1. The lowest BCUT2D eigenvalue weighted by molar-refractivity contribution is -0.160. The Labute approximate surface area is 259 Å². The van der Waals surface area contributed by atoms with Crippen molar-refractivity contribution in [2.45, 2.75) is 45.3 Å². The zero-order valence-electron chi connectivity index (χ0n) is 25.1. The molecule has 45 heavy (non-hydrogen) atoms. The fourth-order valence-corrected chi connectivity index (χ4v) is 6.00. The molecule has 230 valence electrons. The van der Waals surface area contributed by atoms with Gasteiger partial charge in [-0.15, -0.1) is 0 Å². The quantitative estimate of drug-likeness (QED) is 0.228. The molecule has 1 amide bonds. The highest BCUT2D eigenvalue weighted by atomic mass is 19.4. The third-order valence-corrected chi connectivity index (χ3v) is 8.63. The van der Waals surface area contributed by atoms with E-state index < -0.39 is 12.1 Å². The number of halogens is 3. The molecule has 1 aliphatic heterocycles. The van der Waals surface area contributed by atoms with E-state index in [1.807, 2.05) is 44.2 Å². The summed E-state index contributed by atoms with van der Waals surface area (Å²) in [7, 11) is 0. The molecule has 1 fully saturated rings. The minimum absolute atomic E-state index is 0.0129. The zero-order chi connectivity index (χ0) is 31.7. The lowest BCUT2D eigenvalue weighted by atomic mass is 9.89. The van der Waals surface area contributed by atoms with Crippen LogP contribution in [0, 0.1) is 23.2 Å². The van der Waals surface area contributed by atoms with E-state index >= 15 is 0 Å². The summed E-state index contributed by atoms with van der Waals surface area (Å²) in [5.74, 6) is -0.769. The Bertz CT molecular complexity index is 1810. The summed E-state index contributed by atoms with van der Waals surface area (Å²) in [5, 5.41) is 12.3. The molecule has 6 nitrogen and oxygen atoms in total. The summed E-state index contributed by atoms with van der Waals surface area (Å²) >= 11 is 0. The molecule has 2 unspecified atom stereocenters. The van der Waals surface area contributed by atoms with E-state index in [1.54, 1.807) is 42.5 Å². The number of allylic oxidation sites excluding steroid dienone is 3. The fraction of sp³-hybridized carbons (Fsp3) is 0.306. The van der Waals surface area contributed by atoms with Crippen molar-refractivity contribution in [3.8, 4) is 17.5 Å². The maximum Gasteiger partial charge on any atom is 0.395 e. The highest BCUT2D eigenvalue weighted by Gasteiger charge is 2.38. The van der Waals surface area contributed by atoms with Crippen molar-refractivity contribution in [1.29, 1.82) is 5.26 Å². The first-order valence-electron chi connectivity index (χ1n) is 15.1. The molecule has 4 aromatic rings. The number of nitrogens with one attached hydrogen (secondary N) is 1. The summed E-state index contributed by atoms with van der Waals surface area (Å²) in [6.45, 7) is 6.06. The SMILES string of the molecule is CC(C)c1cc(C#N)cc2nc(-c3ccc(C(=O)NCc4ccc(N5CCC(C6=CCC(C(F)(F)F)C=C6)C5)cc4)cc3)oc12. The number of hydrogen-bond donors (Lipinski definition) is 1. The van der Waals surface area contributed by atoms with Gasteiger partial charge in [0.15, 0.2) is 5.58 Å². The molecule has 2 heterocycles. The Hall–Kier alpha value is -4.84. The number of oxazole rings is 1. The Kier molecular flexibility index (Phi) is 8.24. The third kappa shape index (κ3) is 6.51. The number of carbonyl (C=O) groups excluding carboxylic acids is 1. The molecule has 0 bridgehead atoms. The number of fused-ring (bicyclic) bond motifs is 1. The van der Waals surface area contributed by atoms with Crippen LogP contribution in [0.5, 0.6) is 0 Å². The molecule has 2 atom stereocenters. The minimum Gasteiger partial charge on any atom is -0.436 e. The smallest absolute Gasteiger partial charge is 0.395 e. The first kappa shape index (κ1) is 30.2. The summed E-state index contributed by atoms with van der Waals surface area (Å²) in [4.78, 5) is 19.7. The van der Waals surface area contributed by atoms with Crippen molar-refractivity contribution in [2.24, 2.45) is 11.8 Å². The summed E-state index contributed by atoms with van der Waals surface area (Å²) in [5.41, 5.74) is 7.01. The predicted octanol–water partition coefficient (Wildman–Crippen LogP) is 8.31. The van der Waals surface area contributed by atoms with Crippen molar-refractivity contribution >= 4 is 22.7 Å². The average Bonchev–Trinajstić information content (AvgIpc) is 3.71. The van der Waals surface area contributed by atoms with Gasteiger partial charge in [0.05, 0.1) is 17.6 Å². The first-order valence-corrected chi connectivity index (χ1v) is 15.1. The number of hydrogen-bond acceptors (Lipinski definition) is 5. The van der Waals surface area contributed by atoms with Crippen LogP contribution in [0.25, 0.3) is 22.6 Å². The number of aromatic nitrogens is 1. The van der Waals surface area contributed by atoms with Crippen LogP contribution in [0.15, 0.2) is 88.9 Å². The van der Waals surface area contributed by atoms with Gasteiger partial charge in [-0.2, -0.15) is 18.4 Å². The van der Waals surface area contributed by atoms with Crippen LogP contribution in [0.1, 0.15) is 59.7 Å². The Morgan fingerprint density at radius 1 is 1.13 bits per heavy atom. The van der Waals surface area contributed by atoms with E-state index in [0.29, 0.717) is 34.7 Å². The van der Waals surface area contributed by atoms with Crippen molar-refractivity contribution in [3.63, 3.8) is 0 Å². The Balaban J connectivity index is 1.04. The van der Waals surface area contributed by atoms with Crippen LogP contribution < -0.4 is 10.2 Å². The number of carbonyl (C=O) groups is 1. The van der Waals surface area contributed by atoms with Gasteiger partial charge in [-0.25, -0.2) is 4.98 Å². The molecule has 1 aromatic heterocycles. The normalized spacial score (nSPS) is 18.3. The van der Waals surface area contributed by atoms with Crippen LogP contribution in [0.3, 0.4) is 0 Å². The molecule has 0 spiro atoms. The largest absolute Gasteiger partial charge is 0.436 e. The molecule has 3 aromatic carbocycles. The number of alkyl halides is 3. The van der Waals surface area contributed by atoms with Gasteiger partial charge < -0.3 is 14.6 Å². The van der Waals surface area contributed by atoms with Gasteiger partial charge >= 0.3 is 6.18 Å². The average molecular weight is 611 g/mol. The molecular weight excluding hydrogens is 577 g/mol. The maximum absolute atomic E-state index is 13.0. The van der Waals surface area contributed by atoms with E-state index in [-0.39, 0.29) is 24.2 Å². The Morgan fingerprint density at radius 2 is 1.89 bits per heavy atom. The van der Waals surface area contributed by atoms with Gasteiger partial charge in [0.2, 0.25) is 5.89 Å². The summed E-state index contributed by atoms with van der Waals surface area (Å²) in [6.07, 6.45) is 1.41. The molecule has 1 N–H and O–H groups in total. The van der Waals surface area contributed by atoms with Gasteiger partial charge in [-0.05, 0) is 78.4 Å². The molecule has 0 radical (unpaired) electrons. The van der Waals surface area contributed by atoms with E-state index in [4.69, 9.17) is 4.42 Å². The van der Waals surface area contributed by atoms with E-state index in [0.717, 1.165) is 47.5 Å². The zero-order valence-corrected chi connectivity index (χ0v) is 25.1. The molecular formula is C36H33F3N4O2. The van der Waals surface area contributed by atoms with Crippen LogP contribution in [0.4, 0.5) is 18.9 Å². The van der Waals surface area contributed by atoms with Crippen molar-refractivity contribution in [2.75, 3.05) is 18.0 Å². The molecule has 6 rings (SSSR count). The first-order chi connectivity index (χ1) is 21.6. The summed E-state index contributed by atoms with van der Waals surface area (Å²) in [6, 6.07) is 20.8. The van der Waals surface area contributed by atoms with Gasteiger partial charge in [-0.1, -0.05) is 44.2 Å². The van der Waals surface area contributed by atoms with Crippen LogP contribution in [-0.2, 0) is 6.54 Å². The number of benzene rings is 3. The van der Waals surface area contributed by atoms with E-state index in [9.17, 15) is 23.2 Å². The highest BCUT2D eigenvalue weighted by molar-refractivity contribution is 5.94. The molecule has 2 aliphatic rings. The van der Waals surface area contributed by atoms with Gasteiger partial charge in [0, 0.05) is 47.9 Å². The molecule has 0 saturated carbocycles. The minimum atomic E-state index is -4.19.